The van der Waals surface area contributed by atoms with Crippen molar-refractivity contribution in [2.75, 3.05) is 25.0 Å². The Morgan fingerprint density at radius 2 is 1.42 bits per heavy atom. The van der Waals surface area contributed by atoms with Gasteiger partial charge in [-0.05, 0) is 56.0 Å². The Hall–Kier alpha value is -3.83. The maximum atomic E-state index is 13.5. The molecule has 0 aliphatic rings. The van der Waals surface area contributed by atoms with Crippen molar-refractivity contribution in [3.63, 3.8) is 0 Å². The Balaban J connectivity index is 2.19. The molecule has 3 aromatic rings. The van der Waals surface area contributed by atoms with Crippen LogP contribution in [-0.4, -0.2) is 58.2 Å². The summed E-state index contributed by atoms with van der Waals surface area (Å²) in [6.45, 7) is 10.8. The van der Waals surface area contributed by atoms with E-state index in [0.717, 1.165) is 5.56 Å². The van der Waals surface area contributed by atoms with Crippen LogP contribution in [0.1, 0.15) is 47.1 Å². The van der Waals surface area contributed by atoms with Gasteiger partial charge in [-0.2, -0.15) is 31.6 Å². The SMILES string of the molecule is COc1ccccc1Oc1c(NS(=O)(=O)c2ccc(C(C)(C)C)cc2)nc(OS(=O)(=O)C(F)(F)F)nc1OCCOC(C)(C)C. The van der Waals surface area contributed by atoms with Gasteiger partial charge in [-0.25, -0.2) is 8.42 Å². The molecule has 248 valence electrons. The fraction of sp³-hybridized carbons (Fsp3) is 0.429. The molecule has 0 saturated carbocycles. The Morgan fingerprint density at radius 3 is 1.96 bits per heavy atom. The van der Waals surface area contributed by atoms with E-state index in [1.165, 1.54) is 31.4 Å². The van der Waals surface area contributed by atoms with Crippen molar-refractivity contribution in [1.82, 2.24) is 9.97 Å². The fourth-order valence-electron chi connectivity index (χ4n) is 3.47. The highest BCUT2D eigenvalue weighted by Crippen LogP contribution is 2.42. The monoisotopic (exact) mass is 677 g/mol. The molecular weight excluding hydrogens is 643 g/mol. The van der Waals surface area contributed by atoms with Crippen LogP contribution in [0.2, 0.25) is 0 Å². The standard InChI is InChI=1S/C28H34F3N3O9S2/c1-26(2,3)18-12-14-19(15-13-18)44(35,36)34-23-22(42-21-11-9-8-10-20(21)39-7)24(40-16-17-41-27(4,5)6)33-25(32-23)43-45(37,38)28(29,30)31/h8-15H,16-17H2,1-7H3,(H,32,33,34). The van der Waals surface area contributed by atoms with E-state index in [4.69, 9.17) is 18.9 Å². The highest BCUT2D eigenvalue weighted by atomic mass is 32.2. The van der Waals surface area contributed by atoms with Gasteiger partial charge in [0.2, 0.25) is 5.75 Å². The largest absolute Gasteiger partial charge is 0.534 e. The molecule has 0 saturated heterocycles. The molecule has 12 nitrogen and oxygen atoms in total. The van der Waals surface area contributed by atoms with Gasteiger partial charge in [-0.1, -0.05) is 45.0 Å². The first-order chi connectivity index (χ1) is 20.6. The zero-order valence-corrected chi connectivity index (χ0v) is 27.2. The molecule has 17 heteroatoms. The summed E-state index contributed by atoms with van der Waals surface area (Å²) in [6.07, 6.45) is 0. The Labute approximate surface area is 260 Å². The van der Waals surface area contributed by atoms with Gasteiger partial charge in [0.05, 0.1) is 24.2 Å². The molecule has 1 N–H and O–H groups in total. The first-order valence-electron chi connectivity index (χ1n) is 13.3. The summed E-state index contributed by atoms with van der Waals surface area (Å²) in [4.78, 5) is 7.06. The predicted octanol–water partition coefficient (Wildman–Crippen LogP) is 5.80. The molecule has 0 atom stereocenters. The number of nitrogens with zero attached hydrogens (tertiary/aromatic N) is 2. The number of sulfonamides is 1. The van der Waals surface area contributed by atoms with Gasteiger partial charge in [0.1, 0.15) is 6.61 Å². The van der Waals surface area contributed by atoms with Crippen molar-refractivity contribution >= 4 is 26.0 Å². The molecule has 0 aliphatic heterocycles. The number of alkyl halides is 3. The van der Waals surface area contributed by atoms with Gasteiger partial charge in [0, 0.05) is 0 Å². The second-order valence-corrected chi connectivity index (χ2v) is 14.6. The van der Waals surface area contributed by atoms with Crippen molar-refractivity contribution in [3.05, 3.63) is 54.1 Å². The minimum atomic E-state index is -6.27. The molecule has 0 unspecified atom stereocenters. The van der Waals surface area contributed by atoms with Crippen molar-refractivity contribution in [3.8, 4) is 29.1 Å². The second kappa shape index (κ2) is 13.3. The van der Waals surface area contributed by atoms with Gasteiger partial charge in [0.15, 0.2) is 17.3 Å². The molecule has 1 aromatic heterocycles. The number of benzene rings is 2. The molecule has 0 spiro atoms. The Morgan fingerprint density at radius 1 is 0.822 bits per heavy atom. The minimum absolute atomic E-state index is 0.00551. The van der Waals surface area contributed by atoms with E-state index >= 15 is 0 Å². The second-order valence-electron chi connectivity index (χ2n) is 11.4. The number of halogens is 3. The number of anilines is 1. The molecule has 1 heterocycles. The van der Waals surface area contributed by atoms with Gasteiger partial charge in [-0.15, -0.1) is 0 Å². The molecule has 45 heavy (non-hydrogen) atoms. The number of para-hydroxylation sites is 2. The lowest BCUT2D eigenvalue weighted by atomic mass is 9.87. The normalized spacial score (nSPS) is 12.8. The summed E-state index contributed by atoms with van der Waals surface area (Å²) in [5, 5.41) is 0. The lowest BCUT2D eigenvalue weighted by molar-refractivity contribution is -0.0503. The van der Waals surface area contributed by atoms with Gasteiger partial charge in [-0.3, -0.25) is 4.72 Å². The van der Waals surface area contributed by atoms with Crippen LogP contribution in [0.25, 0.3) is 0 Å². The van der Waals surface area contributed by atoms with Crippen LogP contribution in [0.5, 0.6) is 29.1 Å². The number of nitrogens with one attached hydrogen (secondary N) is 1. The summed E-state index contributed by atoms with van der Waals surface area (Å²) in [5.41, 5.74) is -5.91. The summed E-state index contributed by atoms with van der Waals surface area (Å²) < 4.78 is 119. The molecule has 0 amide bonds. The van der Waals surface area contributed by atoms with Gasteiger partial charge >= 0.3 is 21.6 Å². The Kier molecular flexibility index (Phi) is 10.5. The van der Waals surface area contributed by atoms with E-state index in [2.05, 4.69) is 18.9 Å². The number of hydrogen-bond donors (Lipinski definition) is 1. The third kappa shape index (κ3) is 9.58. The maximum absolute atomic E-state index is 13.5. The van der Waals surface area contributed by atoms with Crippen LogP contribution in [0.4, 0.5) is 19.0 Å². The first kappa shape index (κ1) is 35.6. The summed E-state index contributed by atoms with van der Waals surface area (Å²) in [6, 6.07) is 10.6. The average molecular weight is 678 g/mol. The zero-order chi connectivity index (χ0) is 33.8. The highest BCUT2D eigenvalue weighted by molar-refractivity contribution is 7.92. The number of rotatable bonds is 12. The molecule has 0 aliphatic carbocycles. The van der Waals surface area contributed by atoms with Crippen LogP contribution >= 0.6 is 0 Å². The van der Waals surface area contributed by atoms with Gasteiger partial charge in [0.25, 0.3) is 15.9 Å². The van der Waals surface area contributed by atoms with E-state index in [1.807, 2.05) is 20.8 Å². The van der Waals surface area contributed by atoms with Gasteiger partial charge < -0.3 is 23.1 Å². The van der Waals surface area contributed by atoms with E-state index in [1.54, 1.807) is 45.0 Å². The van der Waals surface area contributed by atoms with Crippen LogP contribution in [0.15, 0.2) is 53.4 Å². The summed E-state index contributed by atoms with van der Waals surface area (Å²) in [5.74, 6) is -1.82. The maximum Gasteiger partial charge on any atom is 0.534 e. The lowest BCUT2D eigenvalue weighted by Gasteiger charge is -2.21. The van der Waals surface area contributed by atoms with Crippen LogP contribution in [0.3, 0.4) is 0 Å². The van der Waals surface area contributed by atoms with Crippen LogP contribution < -0.4 is 23.1 Å². The van der Waals surface area contributed by atoms with Crippen molar-refractivity contribution < 1.29 is 53.1 Å². The third-order valence-electron chi connectivity index (χ3n) is 5.68. The number of methoxy groups -OCH3 is 1. The summed E-state index contributed by atoms with van der Waals surface area (Å²) >= 11 is 0. The predicted molar refractivity (Wildman–Crippen MR) is 158 cm³/mol. The van der Waals surface area contributed by atoms with E-state index in [-0.39, 0.29) is 35.0 Å². The number of hydrogen-bond acceptors (Lipinski definition) is 11. The van der Waals surface area contributed by atoms with Crippen LogP contribution in [0, 0.1) is 0 Å². The molecule has 3 rings (SSSR count). The van der Waals surface area contributed by atoms with E-state index < -0.39 is 54.7 Å². The number of aromatic nitrogens is 2. The lowest BCUT2D eigenvalue weighted by Crippen LogP contribution is -2.29. The Bertz CT molecular complexity index is 1700. The zero-order valence-electron chi connectivity index (χ0n) is 25.6. The molecular formula is C28H34F3N3O9S2. The average Bonchev–Trinajstić information content (AvgIpc) is 2.91. The van der Waals surface area contributed by atoms with E-state index in [9.17, 15) is 30.0 Å². The molecule has 2 aromatic carbocycles. The smallest absolute Gasteiger partial charge is 0.493 e. The quantitative estimate of drug-likeness (QED) is 0.141. The summed E-state index contributed by atoms with van der Waals surface area (Å²) in [7, 11) is -9.45. The highest BCUT2D eigenvalue weighted by Gasteiger charge is 2.49. The van der Waals surface area contributed by atoms with Crippen molar-refractivity contribution in [1.29, 1.82) is 0 Å². The first-order valence-corrected chi connectivity index (χ1v) is 16.2. The molecule has 0 fully saturated rings. The van der Waals surface area contributed by atoms with Crippen LogP contribution in [-0.2, 0) is 30.3 Å². The molecule has 0 bridgehead atoms. The third-order valence-corrected chi connectivity index (χ3v) is 7.97. The van der Waals surface area contributed by atoms with Crippen molar-refractivity contribution in [2.45, 2.75) is 63.0 Å². The molecule has 0 radical (unpaired) electrons. The topological polar surface area (TPSA) is 152 Å². The minimum Gasteiger partial charge on any atom is -0.493 e. The number of ether oxygens (including phenoxy) is 4. The fourth-order valence-corrected chi connectivity index (χ4v) is 4.84. The van der Waals surface area contributed by atoms with E-state index in [0.29, 0.717) is 0 Å². The van der Waals surface area contributed by atoms with Crippen molar-refractivity contribution in [2.24, 2.45) is 0 Å².